The molecule has 0 aliphatic heterocycles. The number of ether oxygens (including phenoxy) is 3. The van der Waals surface area contributed by atoms with Crippen LogP contribution in [0.4, 0.5) is 0 Å². The van der Waals surface area contributed by atoms with Crippen LogP contribution in [0.2, 0.25) is 0 Å². The Hall–Kier alpha value is 0.278. The molecule has 6 nitrogen and oxygen atoms in total. The maximum atomic E-state index is 10.8. The van der Waals surface area contributed by atoms with Gasteiger partial charge in [0.15, 0.2) is 0 Å². The van der Waals surface area contributed by atoms with E-state index in [1.165, 1.54) is 38.5 Å². The summed E-state index contributed by atoms with van der Waals surface area (Å²) in [7, 11) is 0. The van der Waals surface area contributed by atoms with E-state index in [1.807, 2.05) is 0 Å². The van der Waals surface area contributed by atoms with Crippen LogP contribution in [-0.2, 0) is 28.6 Å². The normalized spacial score (nSPS) is 12.2. The average Bonchev–Trinajstić information content (AvgIpc) is 2.97. The predicted octanol–water partition coefficient (Wildman–Crippen LogP) is 7.65. The predicted molar refractivity (Wildman–Crippen MR) is 180 cm³/mol. The molecule has 0 bridgehead atoms. The van der Waals surface area contributed by atoms with Crippen molar-refractivity contribution in [1.82, 2.24) is 0 Å². The second-order valence-corrected chi connectivity index (χ2v) is 10.7. The van der Waals surface area contributed by atoms with Gasteiger partial charge in [-0.2, -0.15) is 37.9 Å². The van der Waals surface area contributed by atoms with E-state index in [4.69, 9.17) is 14.2 Å². The molecule has 3 radical (unpaired) electrons. The van der Waals surface area contributed by atoms with Crippen LogP contribution in [0.15, 0.2) is 0 Å². The number of rotatable bonds is 21. The Morgan fingerprint density at radius 3 is 0.875 bits per heavy atom. The number of hydrogen-bond donors (Lipinski definition) is 3. The second kappa shape index (κ2) is 37.3. The van der Waals surface area contributed by atoms with Gasteiger partial charge >= 0.3 is 17.9 Å². The largest absolute Gasteiger partial charge is 0.465 e. The molecule has 0 aromatic carbocycles. The van der Waals surface area contributed by atoms with Crippen molar-refractivity contribution < 1.29 is 28.6 Å². The van der Waals surface area contributed by atoms with E-state index in [1.54, 1.807) is 0 Å². The molecule has 0 saturated heterocycles. The van der Waals surface area contributed by atoms with Crippen LogP contribution in [0.1, 0.15) is 119 Å². The van der Waals surface area contributed by atoms with Crippen molar-refractivity contribution in [2.24, 2.45) is 17.8 Å². The molecule has 0 fully saturated rings. The molecule has 3 atom stereocenters. The molecule has 0 amide bonds. The number of carbonyl (C=O) groups excluding carboxylic acids is 3. The molecule has 3 unspecified atom stereocenters. The molecule has 0 N–H and O–H groups in total. The minimum atomic E-state index is -0.210. The van der Waals surface area contributed by atoms with E-state index in [9.17, 15) is 14.4 Å². The molecule has 0 aliphatic rings. The van der Waals surface area contributed by atoms with E-state index in [0.717, 1.165) is 38.5 Å². The Labute approximate surface area is 280 Å². The van der Waals surface area contributed by atoms with Gasteiger partial charge in [-0.05, 0) is 37.0 Å². The van der Waals surface area contributed by atoms with E-state index in [0.29, 0.717) is 37.6 Å². The summed E-state index contributed by atoms with van der Waals surface area (Å²) in [6, 6.07) is 0. The fraction of sp³-hybridized carbons (Fsp3) is 0.900. The molecule has 0 rings (SSSR count). The summed E-state index contributed by atoms with van der Waals surface area (Å²) >= 11 is 11.5. The minimum Gasteiger partial charge on any atom is -0.465 e. The van der Waals surface area contributed by atoms with Crippen LogP contribution in [0.5, 0.6) is 0 Å². The Bertz CT molecular complexity index is 493. The van der Waals surface area contributed by atoms with Gasteiger partial charge in [0.2, 0.25) is 0 Å². The number of unbranched alkanes of at least 4 members (excludes halogenated alkanes) is 3. The Balaban J connectivity index is -0.000000240. The van der Waals surface area contributed by atoms with Crippen molar-refractivity contribution in [3.63, 3.8) is 0 Å². The van der Waals surface area contributed by atoms with Gasteiger partial charge in [0.25, 0.3) is 0 Å². The third kappa shape index (κ3) is 34.5. The van der Waals surface area contributed by atoms with Gasteiger partial charge in [-0.25, -0.2) is 0 Å². The molecule has 0 heterocycles. The van der Waals surface area contributed by atoms with E-state index >= 15 is 0 Å². The van der Waals surface area contributed by atoms with Gasteiger partial charge in [0, 0.05) is 24.4 Å². The number of carbonyl (C=O) groups is 3. The first-order valence-electron chi connectivity index (χ1n) is 15.0. The molecule has 10 heteroatoms. The van der Waals surface area contributed by atoms with Crippen molar-refractivity contribution in [3.8, 4) is 0 Å². The van der Waals surface area contributed by atoms with Crippen molar-refractivity contribution in [3.05, 3.63) is 0 Å². The molecule has 0 spiro atoms. The monoisotopic (exact) mass is 733 g/mol. The third-order valence-electron chi connectivity index (χ3n) is 6.46. The molecule has 0 saturated carbocycles. The summed E-state index contributed by atoms with van der Waals surface area (Å²) in [5.41, 5.74) is 0. The summed E-state index contributed by atoms with van der Waals surface area (Å²) in [6.45, 7) is 14.6. The van der Waals surface area contributed by atoms with Crippen LogP contribution < -0.4 is 0 Å². The average molecular weight is 735 g/mol. The fourth-order valence-corrected chi connectivity index (χ4v) is 3.74. The molecular formula is C30H60O6S3Sb. The number of esters is 3. The minimum absolute atomic E-state index is 0. The smallest absolute Gasteiger partial charge is 0.315 e. The topological polar surface area (TPSA) is 78.9 Å². The zero-order chi connectivity index (χ0) is 30.3. The fourth-order valence-electron chi connectivity index (χ4n) is 3.46. The van der Waals surface area contributed by atoms with Crippen LogP contribution in [0, 0.1) is 17.8 Å². The van der Waals surface area contributed by atoms with Crippen molar-refractivity contribution >= 4 is 80.2 Å². The maximum absolute atomic E-state index is 10.8. The number of hydrogen-bond acceptors (Lipinski definition) is 9. The molecule has 40 heavy (non-hydrogen) atoms. The van der Waals surface area contributed by atoms with Crippen molar-refractivity contribution in [2.75, 3.05) is 37.1 Å². The molecular weight excluding hydrogens is 674 g/mol. The molecule has 239 valence electrons. The standard InChI is InChI=1S/3C10H20O2S.Sb/c3*1-3-5-6-9(4-2)7-12-10(11)8-13;/h3*9,13H,3-8H2,1-2H3;. The van der Waals surface area contributed by atoms with Gasteiger partial charge in [-0.1, -0.05) is 99.3 Å². The zero-order valence-electron chi connectivity index (χ0n) is 26.2. The van der Waals surface area contributed by atoms with Crippen LogP contribution >= 0.6 is 37.9 Å². The van der Waals surface area contributed by atoms with E-state index in [2.05, 4.69) is 79.4 Å². The summed E-state index contributed by atoms with van der Waals surface area (Å²) in [6.07, 6.45) is 14.0. The first-order valence-corrected chi connectivity index (χ1v) is 16.9. The molecule has 0 aliphatic carbocycles. The summed E-state index contributed by atoms with van der Waals surface area (Å²) in [4.78, 5) is 32.4. The van der Waals surface area contributed by atoms with Gasteiger partial charge < -0.3 is 14.2 Å². The quantitative estimate of drug-likeness (QED) is 0.0487. The first-order chi connectivity index (χ1) is 18.7. The van der Waals surface area contributed by atoms with E-state index < -0.39 is 0 Å². The Morgan fingerprint density at radius 2 is 0.725 bits per heavy atom. The number of thiol groups is 3. The van der Waals surface area contributed by atoms with Gasteiger partial charge in [-0.15, -0.1) is 0 Å². The maximum Gasteiger partial charge on any atom is 0.315 e. The summed E-state index contributed by atoms with van der Waals surface area (Å²) in [5.74, 6) is 1.52. The molecule has 0 aromatic heterocycles. The van der Waals surface area contributed by atoms with Gasteiger partial charge in [0.1, 0.15) is 0 Å². The van der Waals surface area contributed by atoms with Crippen LogP contribution in [0.25, 0.3) is 0 Å². The SMILES string of the molecule is CCCCC(CC)COC(=O)CS.CCCCC(CC)COC(=O)CS.CCCCC(CC)COC(=O)CS.[Sb]. The summed E-state index contributed by atoms with van der Waals surface area (Å²) in [5, 5.41) is 0. The Morgan fingerprint density at radius 1 is 0.500 bits per heavy atom. The van der Waals surface area contributed by atoms with Crippen molar-refractivity contribution in [2.45, 2.75) is 119 Å². The zero-order valence-corrected chi connectivity index (χ0v) is 31.4. The van der Waals surface area contributed by atoms with Crippen LogP contribution in [-0.4, -0.2) is 79.4 Å². The second-order valence-electron chi connectivity index (χ2n) is 9.77. The molecule has 0 aromatic rings. The van der Waals surface area contributed by atoms with Gasteiger partial charge in [-0.3, -0.25) is 14.4 Å². The summed E-state index contributed by atoms with van der Waals surface area (Å²) < 4.78 is 15.1. The van der Waals surface area contributed by atoms with E-state index in [-0.39, 0.29) is 59.6 Å². The third-order valence-corrected chi connectivity index (χ3v) is 7.23. The first kappa shape index (κ1) is 47.2. The Kier molecular flexibility index (Phi) is 44.0. The van der Waals surface area contributed by atoms with Gasteiger partial charge in [0.05, 0.1) is 37.1 Å². The van der Waals surface area contributed by atoms with Crippen LogP contribution in [0.3, 0.4) is 0 Å². The van der Waals surface area contributed by atoms with Crippen molar-refractivity contribution in [1.29, 1.82) is 0 Å².